The van der Waals surface area contributed by atoms with Gasteiger partial charge in [-0.15, -0.1) is 0 Å². The normalized spacial score (nSPS) is 22.7. The molecule has 106 valence electrons. The number of likely N-dealkylation sites (tertiary alicyclic amines) is 1. The lowest BCUT2D eigenvalue weighted by Crippen LogP contribution is -2.24. The van der Waals surface area contributed by atoms with E-state index in [0.717, 1.165) is 25.6 Å². The van der Waals surface area contributed by atoms with Crippen molar-refractivity contribution >= 4 is 0 Å². The Labute approximate surface area is 111 Å². The summed E-state index contributed by atoms with van der Waals surface area (Å²) in [5.74, 6) is 0.353. The first-order valence-corrected chi connectivity index (χ1v) is 6.47. The molecule has 0 spiro atoms. The summed E-state index contributed by atoms with van der Waals surface area (Å²) < 4.78 is 38.2. The second-order valence-electron chi connectivity index (χ2n) is 5.28. The molecule has 2 nitrogen and oxygen atoms in total. The van der Waals surface area contributed by atoms with Gasteiger partial charge in [-0.25, -0.2) is 0 Å². The van der Waals surface area contributed by atoms with E-state index in [-0.39, 0.29) is 5.92 Å². The Bertz CT molecular complexity index is 431. The Kier molecular flexibility index (Phi) is 4.16. The molecule has 2 N–H and O–H groups in total. The van der Waals surface area contributed by atoms with Crippen molar-refractivity contribution in [3.63, 3.8) is 0 Å². The monoisotopic (exact) mass is 272 g/mol. The number of rotatable bonds is 3. The number of halogens is 3. The zero-order valence-electron chi connectivity index (χ0n) is 11.0. The number of nitrogens with zero attached hydrogens (tertiary/aromatic N) is 1. The van der Waals surface area contributed by atoms with Crippen LogP contribution in [0.4, 0.5) is 13.2 Å². The first kappa shape index (κ1) is 14.3. The van der Waals surface area contributed by atoms with Crippen molar-refractivity contribution in [2.24, 2.45) is 11.7 Å². The first-order chi connectivity index (χ1) is 8.91. The maximum atomic E-state index is 12.7. The molecule has 0 aromatic heterocycles. The highest BCUT2D eigenvalue weighted by atomic mass is 19.4. The van der Waals surface area contributed by atoms with E-state index < -0.39 is 11.7 Å². The van der Waals surface area contributed by atoms with E-state index in [1.807, 2.05) is 7.05 Å². The Morgan fingerprint density at radius 1 is 1.42 bits per heavy atom. The summed E-state index contributed by atoms with van der Waals surface area (Å²) in [6.07, 6.45) is -3.30. The Balaban J connectivity index is 2.23. The molecule has 0 aliphatic carbocycles. The molecule has 1 heterocycles. The molecule has 19 heavy (non-hydrogen) atoms. The van der Waals surface area contributed by atoms with Crippen LogP contribution in [0.1, 0.15) is 23.5 Å². The maximum absolute atomic E-state index is 12.7. The highest BCUT2D eigenvalue weighted by Gasteiger charge is 2.33. The Hall–Kier alpha value is -1.07. The summed E-state index contributed by atoms with van der Waals surface area (Å²) in [4.78, 5) is 2.20. The van der Waals surface area contributed by atoms with E-state index in [2.05, 4.69) is 4.90 Å². The number of alkyl halides is 3. The van der Waals surface area contributed by atoms with Gasteiger partial charge in [0.1, 0.15) is 0 Å². The highest BCUT2D eigenvalue weighted by molar-refractivity contribution is 5.29. The zero-order chi connectivity index (χ0) is 14.0. The third-order valence-corrected chi connectivity index (χ3v) is 3.89. The quantitative estimate of drug-likeness (QED) is 0.916. The molecule has 0 radical (unpaired) electrons. The van der Waals surface area contributed by atoms with Crippen LogP contribution >= 0.6 is 0 Å². The largest absolute Gasteiger partial charge is 0.416 e. The van der Waals surface area contributed by atoms with Crippen LogP contribution in [0.3, 0.4) is 0 Å². The summed E-state index contributed by atoms with van der Waals surface area (Å²) in [5.41, 5.74) is 5.91. The topological polar surface area (TPSA) is 29.3 Å². The van der Waals surface area contributed by atoms with Gasteiger partial charge in [0.2, 0.25) is 0 Å². The SMILES string of the molecule is CN1CCC(C(CN)c2cccc(C(F)(F)F)c2)C1. The van der Waals surface area contributed by atoms with Crippen LogP contribution in [0.25, 0.3) is 0 Å². The molecule has 0 amide bonds. The molecule has 1 saturated heterocycles. The predicted octanol–water partition coefficient (Wildman–Crippen LogP) is 2.70. The fraction of sp³-hybridized carbons (Fsp3) is 0.571. The smallest absolute Gasteiger partial charge is 0.330 e. The molecular formula is C14H19F3N2. The minimum Gasteiger partial charge on any atom is -0.330 e. The van der Waals surface area contributed by atoms with Gasteiger partial charge in [-0.1, -0.05) is 18.2 Å². The van der Waals surface area contributed by atoms with Crippen molar-refractivity contribution in [1.82, 2.24) is 4.90 Å². The molecule has 0 saturated carbocycles. The van der Waals surface area contributed by atoms with Crippen molar-refractivity contribution < 1.29 is 13.2 Å². The van der Waals surface area contributed by atoms with E-state index in [1.165, 1.54) is 12.1 Å². The van der Waals surface area contributed by atoms with E-state index in [1.54, 1.807) is 6.07 Å². The fourth-order valence-corrected chi connectivity index (χ4v) is 2.84. The second-order valence-corrected chi connectivity index (χ2v) is 5.28. The molecule has 1 aliphatic rings. The van der Waals surface area contributed by atoms with Gasteiger partial charge in [0, 0.05) is 12.5 Å². The Morgan fingerprint density at radius 2 is 2.16 bits per heavy atom. The summed E-state index contributed by atoms with van der Waals surface area (Å²) >= 11 is 0. The minimum atomic E-state index is -4.29. The molecule has 2 rings (SSSR count). The van der Waals surface area contributed by atoms with Crippen LogP contribution < -0.4 is 5.73 Å². The molecule has 2 atom stereocenters. The Morgan fingerprint density at radius 3 is 2.68 bits per heavy atom. The van der Waals surface area contributed by atoms with Crippen molar-refractivity contribution in [3.05, 3.63) is 35.4 Å². The number of hydrogen-bond acceptors (Lipinski definition) is 2. The van der Waals surface area contributed by atoms with Crippen LogP contribution in [-0.4, -0.2) is 31.6 Å². The molecule has 5 heteroatoms. The average Bonchev–Trinajstić information content (AvgIpc) is 2.76. The fourth-order valence-electron chi connectivity index (χ4n) is 2.84. The number of nitrogens with two attached hydrogens (primary N) is 1. The first-order valence-electron chi connectivity index (χ1n) is 6.47. The lowest BCUT2D eigenvalue weighted by Gasteiger charge is -2.23. The van der Waals surface area contributed by atoms with Crippen LogP contribution in [0.15, 0.2) is 24.3 Å². The number of benzene rings is 1. The van der Waals surface area contributed by atoms with Gasteiger partial charge in [-0.3, -0.25) is 0 Å². The standard InChI is InChI=1S/C14H19F3N2/c1-19-6-5-11(9-19)13(8-18)10-3-2-4-12(7-10)14(15,16)17/h2-4,7,11,13H,5-6,8-9,18H2,1H3. The molecule has 0 bridgehead atoms. The third-order valence-electron chi connectivity index (χ3n) is 3.89. The van der Waals surface area contributed by atoms with E-state index >= 15 is 0 Å². The van der Waals surface area contributed by atoms with Crippen molar-refractivity contribution in [2.45, 2.75) is 18.5 Å². The third kappa shape index (κ3) is 3.28. The van der Waals surface area contributed by atoms with Crippen LogP contribution in [-0.2, 0) is 6.18 Å². The lowest BCUT2D eigenvalue weighted by molar-refractivity contribution is -0.137. The van der Waals surface area contributed by atoms with E-state index in [9.17, 15) is 13.2 Å². The van der Waals surface area contributed by atoms with Crippen LogP contribution in [0, 0.1) is 5.92 Å². The molecular weight excluding hydrogens is 253 g/mol. The summed E-state index contributed by atoms with van der Waals surface area (Å²) in [6.45, 7) is 2.28. The van der Waals surface area contributed by atoms with Crippen LogP contribution in [0.2, 0.25) is 0 Å². The highest BCUT2D eigenvalue weighted by Crippen LogP contribution is 2.35. The summed E-state index contributed by atoms with van der Waals surface area (Å²) in [7, 11) is 2.03. The van der Waals surface area contributed by atoms with E-state index in [4.69, 9.17) is 5.73 Å². The van der Waals surface area contributed by atoms with Gasteiger partial charge in [-0.2, -0.15) is 13.2 Å². The van der Waals surface area contributed by atoms with Gasteiger partial charge in [0.15, 0.2) is 0 Å². The van der Waals surface area contributed by atoms with Crippen molar-refractivity contribution in [2.75, 3.05) is 26.7 Å². The minimum absolute atomic E-state index is 0.00671. The summed E-state index contributed by atoms with van der Waals surface area (Å²) in [6, 6.07) is 5.58. The predicted molar refractivity (Wildman–Crippen MR) is 68.8 cm³/mol. The molecule has 1 aliphatic heterocycles. The lowest BCUT2D eigenvalue weighted by atomic mass is 9.85. The van der Waals surface area contributed by atoms with Crippen molar-refractivity contribution in [3.8, 4) is 0 Å². The zero-order valence-corrected chi connectivity index (χ0v) is 11.0. The van der Waals surface area contributed by atoms with Crippen molar-refractivity contribution in [1.29, 1.82) is 0 Å². The van der Waals surface area contributed by atoms with Gasteiger partial charge in [-0.05, 0) is 44.1 Å². The maximum Gasteiger partial charge on any atom is 0.416 e. The molecule has 1 fully saturated rings. The number of hydrogen-bond donors (Lipinski definition) is 1. The second kappa shape index (κ2) is 5.51. The van der Waals surface area contributed by atoms with Gasteiger partial charge >= 0.3 is 6.18 Å². The van der Waals surface area contributed by atoms with Gasteiger partial charge in [0.25, 0.3) is 0 Å². The molecule has 1 aromatic rings. The average molecular weight is 272 g/mol. The van der Waals surface area contributed by atoms with Crippen LogP contribution in [0.5, 0.6) is 0 Å². The molecule has 2 unspecified atom stereocenters. The summed E-state index contributed by atoms with van der Waals surface area (Å²) in [5, 5.41) is 0. The van der Waals surface area contributed by atoms with Gasteiger partial charge in [0.05, 0.1) is 5.56 Å². The van der Waals surface area contributed by atoms with Gasteiger partial charge < -0.3 is 10.6 Å². The van der Waals surface area contributed by atoms with E-state index in [0.29, 0.717) is 18.0 Å². The molecule has 1 aromatic carbocycles.